The van der Waals surface area contributed by atoms with Gasteiger partial charge in [0.2, 0.25) is 0 Å². The van der Waals surface area contributed by atoms with Crippen molar-refractivity contribution in [1.29, 1.82) is 0 Å². The number of thiophene rings is 1. The lowest BCUT2D eigenvalue weighted by atomic mass is 10.2. The monoisotopic (exact) mass is 364 g/mol. The minimum atomic E-state index is -0.263. The molecule has 2 aromatic heterocycles. The molecule has 2 heterocycles. The summed E-state index contributed by atoms with van der Waals surface area (Å²) in [6.07, 6.45) is 1.42. The quantitative estimate of drug-likeness (QED) is 0.518. The molecule has 116 valence electrons. The molecule has 4 nitrogen and oxygen atoms in total. The van der Waals surface area contributed by atoms with Crippen LogP contribution in [0, 0.1) is 0 Å². The lowest BCUT2D eigenvalue weighted by molar-refractivity contribution is 0.0959. The highest BCUT2D eigenvalue weighted by molar-refractivity contribution is 7.12. The number of nitrogens with zero attached hydrogens (tertiary/aromatic N) is 1. The molecule has 0 aliphatic rings. The van der Waals surface area contributed by atoms with Crippen molar-refractivity contribution in [3.63, 3.8) is 0 Å². The topological polar surface area (TPSA) is 54.6 Å². The van der Waals surface area contributed by atoms with Crippen LogP contribution in [0.5, 0.6) is 0 Å². The Morgan fingerprint density at radius 2 is 2.04 bits per heavy atom. The van der Waals surface area contributed by atoms with Crippen molar-refractivity contribution >= 4 is 46.7 Å². The maximum atomic E-state index is 11.7. The third-order valence-corrected chi connectivity index (χ3v) is 4.63. The zero-order valence-electron chi connectivity index (χ0n) is 11.6. The number of hydrazone groups is 1. The summed E-state index contributed by atoms with van der Waals surface area (Å²) in [6.45, 7) is 0. The predicted molar refractivity (Wildman–Crippen MR) is 93.5 cm³/mol. The highest BCUT2D eigenvalue weighted by atomic mass is 35.5. The Morgan fingerprint density at radius 3 is 2.83 bits per heavy atom. The molecule has 0 aliphatic heterocycles. The van der Waals surface area contributed by atoms with Crippen LogP contribution in [0.2, 0.25) is 10.0 Å². The molecule has 0 unspecified atom stereocenters. The van der Waals surface area contributed by atoms with Crippen LogP contribution in [0.4, 0.5) is 0 Å². The van der Waals surface area contributed by atoms with Gasteiger partial charge >= 0.3 is 0 Å². The van der Waals surface area contributed by atoms with Crippen molar-refractivity contribution in [1.82, 2.24) is 5.43 Å². The highest BCUT2D eigenvalue weighted by Crippen LogP contribution is 2.34. The Bertz CT molecular complexity index is 857. The number of halogens is 2. The number of carbonyl (C=O) groups excluding carboxylic acids is 1. The molecule has 0 atom stereocenters. The molecule has 1 aromatic carbocycles. The Kier molecular flexibility index (Phi) is 4.81. The van der Waals surface area contributed by atoms with Crippen LogP contribution in [0.1, 0.15) is 15.4 Å². The van der Waals surface area contributed by atoms with E-state index in [0.29, 0.717) is 32.0 Å². The van der Waals surface area contributed by atoms with E-state index in [-0.39, 0.29) is 5.91 Å². The Morgan fingerprint density at radius 1 is 1.17 bits per heavy atom. The van der Waals surface area contributed by atoms with E-state index >= 15 is 0 Å². The first kappa shape index (κ1) is 15.8. The molecule has 0 radical (unpaired) electrons. The molecule has 3 rings (SSSR count). The number of furan rings is 1. The third-order valence-electron chi connectivity index (χ3n) is 2.95. The first-order valence-electron chi connectivity index (χ1n) is 6.56. The molecule has 3 aromatic rings. The van der Waals surface area contributed by atoms with Gasteiger partial charge in [0.1, 0.15) is 11.5 Å². The number of nitrogens with one attached hydrogen (secondary N) is 1. The van der Waals surface area contributed by atoms with Gasteiger partial charge in [0.25, 0.3) is 5.91 Å². The highest BCUT2D eigenvalue weighted by Gasteiger charge is 2.10. The van der Waals surface area contributed by atoms with Crippen molar-refractivity contribution in [2.24, 2.45) is 5.10 Å². The zero-order chi connectivity index (χ0) is 16.2. The third kappa shape index (κ3) is 3.64. The van der Waals surface area contributed by atoms with Crippen molar-refractivity contribution in [3.05, 3.63) is 68.5 Å². The van der Waals surface area contributed by atoms with Crippen LogP contribution < -0.4 is 5.43 Å². The Labute approximate surface area is 146 Å². The molecule has 0 bridgehead atoms. The second-order valence-electron chi connectivity index (χ2n) is 4.48. The SMILES string of the molecule is O=C(N/N=C\c1ccc(-c2cccc(Cl)c2Cl)o1)c1cccs1. The van der Waals surface area contributed by atoms with Crippen molar-refractivity contribution < 1.29 is 9.21 Å². The lowest BCUT2D eigenvalue weighted by Crippen LogP contribution is -2.15. The van der Waals surface area contributed by atoms with E-state index in [1.165, 1.54) is 17.6 Å². The number of carbonyl (C=O) groups is 1. The summed E-state index contributed by atoms with van der Waals surface area (Å²) in [5.74, 6) is 0.798. The van der Waals surface area contributed by atoms with Gasteiger partial charge in [-0.15, -0.1) is 11.3 Å². The molecule has 7 heteroatoms. The summed E-state index contributed by atoms with van der Waals surface area (Å²) < 4.78 is 5.64. The van der Waals surface area contributed by atoms with E-state index in [1.54, 1.807) is 36.4 Å². The van der Waals surface area contributed by atoms with Gasteiger partial charge < -0.3 is 4.42 Å². The van der Waals surface area contributed by atoms with Crippen LogP contribution in [-0.4, -0.2) is 12.1 Å². The first-order valence-corrected chi connectivity index (χ1v) is 8.20. The summed E-state index contributed by atoms with van der Waals surface area (Å²) in [7, 11) is 0. The maximum Gasteiger partial charge on any atom is 0.281 e. The van der Waals surface area contributed by atoms with Gasteiger partial charge in [-0.1, -0.05) is 35.3 Å². The van der Waals surface area contributed by atoms with Gasteiger partial charge in [-0.3, -0.25) is 4.79 Å². The van der Waals surface area contributed by atoms with Crippen LogP contribution >= 0.6 is 34.5 Å². The van der Waals surface area contributed by atoms with E-state index in [1.807, 2.05) is 11.4 Å². The summed E-state index contributed by atoms with van der Waals surface area (Å²) in [5, 5.41) is 6.59. The summed E-state index contributed by atoms with van der Waals surface area (Å²) in [4.78, 5) is 12.3. The van der Waals surface area contributed by atoms with Gasteiger partial charge in [-0.25, -0.2) is 5.43 Å². The van der Waals surface area contributed by atoms with Crippen molar-refractivity contribution in [2.75, 3.05) is 0 Å². The minimum Gasteiger partial charge on any atom is -0.455 e. The van der Waals surface area contributed by atoms with Crippen LogP contribution in [-0.2, 0) is 0 Å². The fraction of sp³-hybridized carbons (Fsp3) is 0. The smallest absolute Gasteiger partial charge is 0.281 e. The predicted octanol–water partition coefficient (Wildman–Crippen LogP) is 5.08. The number of hydrogen-bond acceptors (Lipinski definition) is 4. The zero-order valence-corrected chi connectivity index (χ0v) is 14.0. The molecule has 23 heavy (non-hydrogen) atoms. The fourth-order valence-corrected chi connectivity index (χ4v) is 2.89. The standard InChI is InChI=1S/C16H10Cl2N2O2S/c17-12-4-1-3-11(15(12)18)13-7-6-10(22-13)9-19-20-16(21)14-5-2-8-23-14/h1-9H,(H,20,21)/b19-9-. The maximum absolute atomic E-state index is 11.7. The summed E-state index contributed by atoms with van der Waals surface area (Å²) in [6, 6.07) is 12.3. The van der Waals surface area contributed by atoms with Crippen LogP contribution in [0.15, 0.2) is 57.4 Å². The van der Waals surface area contributed by atoms with Crippen LogP contribution in [0.3, 0.4) is 0 Å². The number of benzene rings is 1. The van der Waals surface area contributed by atoms with Gasteiger partial charge in [0.15, 0.2) is 0 Å². The average molecular weight is 365 g/mol. The van der Waals surface area contributed by atoms with Crippen LogP contribution in [0.25, 0.3) is 11.3 Å². The molecule has 0 spiro atoms. The van der Waals surface area contributed by atoms with E-state index in [9.17, 15) is 4.79 Å². The molecule has 0 saturated heterocycles. The molecule has 1 amide bonds. The summed E-state index contributed by atoms with van der Waals surface area (Å²) in [5.41, 5.74) is 3.13. The molecule has 0 aliphatic carbocycles. The van der Waals surface area contributed by atoms with E-state index in [2.05, 4.69) is 10.5 Å². The average Bonchev–Trinajstić information content (AvgIpc) is 3.21. The van der Waals surface area contributed by atoms with E-state index in [4.69, 9.17) is 27.6 Å². The number of rotatable bonds is 4. The molecule has 0 fully saturated rings. The second kappa shape index (κ2) is 7.00. The minimum absolute atomic E-state index is 0.263. The molecule has 1 N–H and O–H groups in total. The van der Waals surface area contributed by atoms with Gasteiger partial charge in [0.05, 0.1) is 21.1 Å². The molecular weight excluding hydrogens is 355 g/mol. The molecule has 0 saturated carbocycles. The van der Waals surface area contributed by atoms with Gasteiger partial charge in [-0.05, 0) is 35.7 Å². The van der Waals surface area contributed by atoms with E-state index < -0.39 is 0 Å². The second-order valence-corrected chi connectivity index (χ2v) is 6.21. The lowest BCUT2D eigenvalue weighted by Gasteiger charge is -2.01. The van der Waals surface area contributed by atoms with E-state index in [0.717, 1.165) is 0 Å². The number of amides is 1. The summed E-state index contributed by atoms with van der Waals surface area (Å²) >= 11 is 13.5. The Hall–Kier alpha value is -2.08. The van der Waals surface area contributed by atoms with Crippen molar-refractivity contribution in [3.8, 4) is 11.3 Å². The van der Waals surface area contributed by atoms with Gasteiger partial charge in [0, 0.05) is 5.56 Å². The first-order chi connectivity index (χ1) is 11.1. The largest absolute Gasteiger partial charge is 0.455 e. The normalized spacial score (nSPS) is 11.0. The number of hydrogen-bond donors (Lipinski definition) is 1. The van der Waals surface area contributed by atoms with Gasteiger partial charge in [-0.2, -0.15) is 5.10 Å². The fourth-order valence-electron chi connectivity index (χ4n) is 1.88. The Balaban J connectivity index is 1.71. The van der Waals surface area contributed by atoms with Crippen molar-refractivity contribution in [2.45, 2.75) is 0 Å². The molecular formula is C16H10Cl2N2O2S.